The van der Waals surface area contributed by atoms with Gasteiger partial charge in [0, 0.05) is 11.4 Å². The predicted molar refractivity (Wildman–Crippen MR) is 90.7 cm³/mol. The Bertz CT molecular complexity index is 1010. The first-order chi connectivity index (χ1) is 11.3. The summed E-state index contributed by atoms with van der Waals surface area (Å²) in [5.41, 5.74) is 1.81. The summed E-state index contributed by atoms with van der Waals surface area (Å²) in [6.07, 6.45) is 0. The Morgan fingerprint density at radius 3 is 2.50 bits per heavy atom. The van der Waals surface area contributed by atoms with E-state index in [0.717, 1.165) is 17.8 Å². The number of hydrogen-bond donors (Lipinski definition) is 0. The fraction of sp³-hybridized carbons (Fsp3) is 0.250. The largest absolute Gasteiger partial charge is 0.233 e. The highest BCUT2D eigenvalue weighted by molar-refractivity contribution is 8.00. The molecule has 126 valence electrons. The van der Waals surface area contributed by atoms with Gasteiger partial charge in [-0.15, -0.1) is 11.8 Å². The average Bonchev–Trinajstić information content (AvgIpc) is 2.87. The zero-order valence-corrected chi connectivity index (χ0v) is 15.1. The Hall–Kier alpha value is -1.93. The number of sulfone groups is 1. The molecule has 24 heavy (non-hydrogen) atoms. The topological polar surface area (TPSA) is 64.3 Å². The highest BCUT2D eigenvalue weighted by Crippen LogP contribution is 2.33. The van der Waals surface area contributed by atoms with Crippen molar-refractivity contribution in [3.63, 3.8) is 0 Å². The molecule has 0 amide bonds. The van der Waals surface area contributed by atoms with Crippen LogP contribution in [0.25, 0.3) is 5.65 Å². The molecule has 0 saturated carbocycles. The minimum Gasteiger partial charge on any atom is -0.233 e. The van der Waals surface area contributed by atoms with E-state index in [1.807, 2.05) is 19.9 Å². The molecular formula is C16H16FN3O2S2. The highest BCUT2D eigenvalue weighted by atomic mass is 32.2. The molecule has 0 fully saturated rings. The zero-order chi connectivity index (χ0) is 17.5. The van der Waals surface area contributed by atoms with Crippen LogP contribution in [0.15, 0.2) is 45.1 Å². The maximum absolute atomic E-state index is 13.1. The molecule has 0 bridgehead atoms. The normalized spacial score (nSPS) is 12.0. The van der Waals surface area contributed by atoms with E-state index >= 15 is 0 Å². The maximum atomic E-state index is 13.1. The fourth-order valence-corrected chi connectivity index (χ4v) is 4.99. The molecule has 3 rings (SSSR count). The molecule has 8 heteroatoms. The van der Waals surface area contributed by atoms with Gasteiger partial charge in [0.15, 0.2) is 10.5 Å². The second-order valence-corrected chi connectivity index (χ2v) is 8.44. The Morgan fingerprint density at radius 2 is 1.88 bits per heavy atom. The summed E-state index contributed by atoms with van der Waals surface area (Å²) in [7, 11) is -3.86. The first kappa shape index (κ1) is 16.9. The van der Waals surface area contributed by atoms with E-state index in [-0.39, 0.29) is 9.79 Å². The minimum atomic E-state index is -3.86. The van der Waals surface area contributed by atoms with Gasteiger partial charge < -0.3 is 0 Å². The number of aryl methyl sites for hydroxylation is 2. The number of rotatable bonds is 4. The second kappa shape index (κ2) is 6.18. The van der Waals surface area contributed by atoms with E-state index < -0.39 is 15.7 Å². The molecule has 0 saturated heterocycles. The van der Waals surface area contributed by atoms with Crippen molar-refractivity contribution in [2.45, 2.75) is 35.6 Å². The summed E-state index contributed by atoms with van der Waals surface area (Å²) < 4.78 is 40.9. The van der Waals surface area contributed by atoms with Gasteiger partial charge in [0.25, 0.3) is 0 Å². The first-order valence-corrected chi connectivity index (χ1v) is 9.82. The number of fused-ring (bicyclic) bond motifs is 1. The minimum absolute atomic E-state index is 0.0257. The van der Waals surface area contributed by atoms with Crippen LogP contribution < -0.4 is 0 Å². The van der Waals surface area contributed by atoms with E-state index in [9.17, 15) is 12.8 Å². The van der Waals surface area contributed by atoms with Gasteiger partial charge >= 0.3 is 0 Å². The van der Waals surface area contributed by atoms with E-state index in [0.29, 0.717) is 22.1 Å². The average molecular weight is 365 g/mol. The number of hydrogen-bond acceptors (Lipinski definition) is 5. The third-order valence-corrected chi connectivity index (χ3v) is 6.28. The van der Waals surface area contributed by atoms with Crippen molar-refractivity contribution in [3.05, 3.63) is 47.5 Å². The summed E-state index contributed by atoms with van der Waals surface area (Å²) in [6, 6.07) is 6.63. The molecule has 0 aliphatic rings. The molecule has 2 heterocycles. The highest BCUT2D eigenvalue weighted by Gasteiger charge is 2.29. The van der Waals surface area contributed by atoms with Crippen LogP contribution in [-0.2, 0) is 9.84 Å². The molecule has 0 radical (unpaired) electrons. The number of nitrogens with zero attached hydrogens (tertiary/aromatic N) is 3. The summed E-state index contributed by atoms with van der Waals surface area (Å²) in [6.45, 7) is 5.58. The number of thioether (sulfide) groups is 1. The predicted octanol–water partition coefficient (Wildman–Crippen LogP) is 3.43. The fourth-order valence-electron chi connectivity index (χ4n) is 2.48. The van der Waals surface area contributed by atoms with E-state index in [2.05, 4.69) is 10.1 Å². The van der Waals surface area contributed by atoms with E-state index in [1.165, 1.54) is 23.9 Å². The lowest BCUT2D eigenvalue weighted by atomic mass is 10.3. The SMILES string of the molecule is CCSc1nn2c(C)cc(C)nc2c1S(=O)(=O)c1ccc(F)cc1. The Labute approximate surface area is 143 Å². The third kappa shape index (κ3) is 2.80. The van der Waals surface area contributed by atoms with Gasteiger partial charge in [0.1, 0.15) is 10.8 Å². The molecular weight excluding hydrogens is 349 g/mol. The molecule has 0 aliphatic heterocycles. The quantitative estimate of drug-likeness (QED) is 0.523. The zero-order valence-electron chi connectivity index (χ0n) is 13.4. The van der Waals surface area contributed by atoms with Crippen molar-refractivity contribution in [3.8, 4) is 0 Å². The Morgan fingerprint density at radius 1 is 1.21 bits per heavy atom. The molecule has 2 aromatic heterocycles. The Balaban J connectivity index is 2.34. The van der Waals surface area contributed by atoms with Gasteiger partial charge in [-0.05, 0) is 49.9 Å². The van der Waals surface area contributed by atoms with Crippen molar-refractivity contribution in [2.24, 2.45) is 0 Å². The van der Waals surface area contributed by atoms with Crippen LogP contribution in [-0.4, -0.2) is 28.8 Å². The molecule has 0 aliphatic carbocycles. The monoisotopic (exact) mass is 365 g/mol. The smallest absolute Gasteiger partial charge is 0.213 e. The second-order valence-electron chi connectivity index (χ2n) is 5.30. The van der Waals surface area contributed by atoms with Crippen molar-refractivity contribution < 1.29 is 12.8 Å². The molecule has 0 N–H and O–H groups in total. The van der Waals surface area contributed by atoms with Gasteiger partial charge in [0.2, 0.25) is 9.84 Å². The van der Waals surface area contributed by atoms with E-state index in [1.54, 1.807) is 11.4 Å². The third-order valence-electron chi connectivity index (χ3n) is 3.50. The van der Waals surface area contributed by atoms with Crippen molar-refractivity contribution in [2.75, 3.05) is 5.75 Å². The maximum Gasteiger partial charge on any atom is 0.213 e. The number of aromatic nitrogens is 3. The number of benzene rings is 1. The summed E-state index contributed by atoms with van der Waals surface area (Å²) in [4.78, 5) is 4.48. The summed E-state index contributed by atoms with van der Waals surface area (Å²) in [5.74, 6) is 0.190. The van der Waals surface area contributed by atoms with Crippen LogP contribution in [0.1, 0.15) is 18.3 Å². The molecule has 0 unspecified atom stereocenters. The van der Waals surface area contributed by atoms with Gasteiger partial charge in [-0.1, -0.05) is 6.92 Å². The lowest BCUT2D eigenvalue weighted by Gasteiger charge is -2.05. The van der Waals surface area contributed by atoms with Crippen LogP contribution in [0.2, 0.25) is 0 Å². The van der Waals surface area contributed by atoms with Gasteiger partial charge in [-0.25, -0.2) is 22.3 Å². The molecule has 1 aromatic carbocycles. The molecule has 3 aromatic rings. The molecule has 0 atom stereocenters. The summed E-state index contributed by atoms with van der Waals surface area (Å²) in [5, 5.41) is 4.82. The lowest BCUT2D eigenvalue weighted by molar-refractivity contribution is 0.593. The van der Waals surface area contributed by atoms with Gasteiger partial charge in [0.05, 0.1) is 4.90 Å². The van der Waals surface area contributed by atoms with Crippen LogP contribution >= 0.6 is 11.8 Å². The van der Waals surface area contributed by atoms with Crippen LogP contribution in [0, 0.1) is 19.7 Å². The first-order valence-electron chi connectivity index (χ1n) is 7.35. The van der Waals surface area contributed by atoms with Crippen molar-refractivity contribution >= 4 is 27.2 Å². The number of halogens is 1. The van der Waals surface area contributed by atoms with Gasteiger partial charge in [-0.3, -0.25) is 0 Å². The molecule has 0 spiro atoms. The van der Waals surface area contributed by atoms with Crippen molar-refractivity contribution in [1.82, 2.24) is 14.6 Å². The van der Waals surface area contributed by atoms with Gasteiger partial charge in [-0.2, -0.15) is 5.10 Å². The van der Waals surface area contributed by atoms with Crippen molar-refractivity contribution in [1.29, 1.82) is 0 Å². The van der Waals surface area contributed by atoms with E-state index in [4.69, 9.17) is 0 Å². The van der Waals surface area contributed by atoms with Crippen LogP contribution in [0.3, 0.4) is 0 Å². The van der Waals surface area contributed by atoms with Crippen LogP contribution in [0.5, 0.6) is 0 Å². The Kier molecular flexibility index (Phi) is 4.35. The lowest BCUT2D eigenvalue weighted by Crippen LogP contribution is -2.05. The summed E-state index contributed by atoms with van der Waals surface area (Å²) >= 11 is 1.34. The standard InChI is InChI=1S/C16H16FN3O2S2/c1-4-23-16-14(15-18-10(2)9-11(3)20(15)19-16)24(21,22)13-7-5-12(17)6-8-13/h5-9H,4H2,1-3H3. The van der Waals surface area contributed by atoms with Crippen LogP contribution in [0.4, 0.5) is 4.39 Å². The molecule has 5 nitrogen and oxygen atoms in total.